The zero-order valence-corrected chi connectivity index (χ0v) is 14.4. The molecule has 1 unspecified atom stereocenters. The number of amides is 1. The lowest BCUT2D eigenvalue weighted by Crippen LogP contribution is -2.29. The Morgan fingerprint density at radius 3 is 2.88 bits per heavy atom. The van der Waals surface area contributed by atoms with E-state index in [9.17, 15) is 9.59 Å². The van der Waals surface area contributed by atoms with E-state index in [4.69, 9.17) is 9.15 Å². The highest BCUT2D eigenvalue weighted by Gasteiger charge is 2.20. The minimum absolute atomic E-state index is 0.297. The molecule has 0 spiro atoms. The van der Waals surface area contributed by atoms with Crippen LogP contribution in [-0.2, 0) is 9.53 Å². The highest BCUT2D eigenvalue weighted by Crippen LogP contribution is 2.25. The molecule has 2 heterocycles. The first kappa shape index (κ1) is 16.2. The van der Waals surface area contributed by atoms with Crippen LogP contribution in [0.4, 0.5) is 5.13 Å². The molecule has 4 rings (SSSR count). The molecular formula is C18H13N3O4S. The summed E-state index contributed by atoms with van der Waals surface area (Å²) in [5, 5.41) is 3.14. The third kappa shape index (κ3) is 3.14. The Hall–Kier alpha value is -3.26. The molecule has 7 nitrogen and oxygen atoms in total. The molecule has 1 atom stereocenters. The van der Waals surface area contributed by atoms with Gasteiger partial charge in [0.15, 0.2) is 23.2 Å². The first-order valence-electron chi connectivity index (χ1n) is 7.81. The predicted octanol–water partition coefficient (Wildman–Crippen LogP) is 3.62. The summed E-state index contributed by atoms with van der Waals surface area (Å²) in [6, 6.07) is 12.3. The minimum atomic E-state index is -0.970. The Morgan fingerprint density at radius 2 is 2.04 bits per heavy atom. The number of rotatable bonds is 4. The van der Waals surface area contributed by atoms with E-state index in [0.717, 1.165) is 10.2 Å². The number of nitrogens with one attached hydrogen (secondary N) is 1. The molecule has 0 saturated carbocycles. The predicted molar refractivity (Wildman–Crippen MR) is 97.1 cm³/mol. The van der Waals surface area contributed by atoms with Crippen LogP contribution in [0.25, 0.3) is 21.3 Å². The maximum absolute atomic E-state index is 12.3. The molecule has 26 heavy (non-hydrogen) atoms. The molecule has 0 fully saturated rings. The van der Waals surface area contributed by atoms with E-state index >= 15 is 0 Å². The van der Waals surface area contributed by atoms with Gasteiger partial charge in [-0.3, -0.25) is 10.1 Å². The molecule has 2 aromatic heterocycles. The monoisotopic (exact) mass is 367 g/mol. The van der Waals surface area contributed by atoms with Crippen molar-refractivity contribution in [1.82, 2.24) is 9.97 Å². The number of aromatic nitrogens is 2. The van der Waals surface area contributed by atoms with E-state index in [0.29, 0.717) is 21.8 Å². The van der Waals surface area contributed by atoms with Crippen LogP contribution < -0.4 is 5.32 Å². The fourth-order valence-corrected chi connectivity index (χ4v) is 3.27. The van der Waals surface area contributed by atoms with Gasteiger partial charge in [0.25, 0.3) is 5.91 Å². The molecule has 1 amide bonds. The number of hydrogen-bond donors (Lipinski definition) is 1. The molecule has 8 heteroatoms. The Bertz CT molecular complexity index is 1080. The largest absolute Gasteiger partial charge is 0.449 e. The van der Waals surface area contributed by atoms with E-state index in [1.807, 2.05) is 24.3 Å². The average molecular weight is 367 g/mol. The number of nitrogens with zero attached hydrogens (tertiary/aromatic N) is 2. The first-order chi connectivity index (χ1) is 12.6. The molecule has 4 aromatic rings. The third-order valence-electron chi connectivity index (χ3n) is 3.74. The van der Waals surface area contributed by atoms with Gasteiger partial charge in [-0.05, 0) is 37.3 Å². The van der Waals surface area contributed by atoms with Crippen LogP contribution in [0, 0.1) is 0 Å². The van der Waals surface area contributed by atoms with Crippen molar-refractivity contribution in [2.24, 2.45) is 0 Å². The number of oxazole rings is 1. The summed E-state index contributed by atoms with van der Waals surface area (Å²) in [4.78, 5) is 32.8. The van der Waals surface area contributed by atoms with Crippen LogP contribution in [0.2, 0.25) is 0 Å². The van der Waals surface area contributed by atoms with Gasteiger partial charge >= 0.3 is 5.97 Å². The van der Waals surface area contributed by atoms with Gasteiger partial charge < -0.3 is 9.15 Å². The number of esters is 1. The maximum Gasteiger partial charge on any atom is 0.338 e. The second kappa shape index (κ2) is 6.57. The van der Waals surface area contributed by atoms with Gasteiger partial charge in [0.05, 0.1) is 15.8 Å². The lowest BCUT2D eigenvalue weighted by molar-refractivity contribution is -0.123. The van der Waals surface area contributed by atoms with E-state index in [1.54, 1.807) is 18.2 Å². The van der Waals surface area contributed by atoms with Crippen LogP contribution in [0.5, 0.6) is 0 Å². The van der Waals surface area contributed by atoms with Crippen molar-refractivity contribution in [2.45, 2.75) is 13.0 Å². The van der Waals surface area contributed by atoms with Crippen LogP contribution in [0.3, 0.4) is 0 Å². The summed E-state index contributed by atoms with van der Waals surface area (Å²) in [5.74, 6) is -1.05. The average Bonchev–Trinajstić information content (AvgIpc) is 3.26. The van der Waals surface area contributed by atoms with Crippen molar-refractivity contribution in [1.29, 1.82) is 0 Å². The van der Waals surface area contributed by atoms with Gasteiger partial charge in [0.1, 0.15) is 5.52 Å². The molecule has 0 aliphatic heterocycles. The Morgan fingerprint density at radius 1 is 1.19 bits per heavy atom. The first-order valence-corrected chi connectivity index (χ1v) is 8.62. The van der Waals surface area contributed by atoms with E-state index < -0.39 is 18.0 Å². The van der Waals surface area contributed by atoms with Crippen molar-refractivity contribution < 1.29 is 18.7 Å². The van der Waals surface area contributed by atoms with Crippen molar-refractivity contribution in [3.05, 3.63) is 54.4 Å². The van der Waals surface area contributed by atoms with E-state index in [-0.39, 0.29) is 0 Å². The molecular weight excluding hydrogens is 354 g/mol. The smallest absolute Gasteiger partial charge is 0.338 e. The second-order valence-electron chi connectivity index (χ2n) is 5.56. The zero-order chi connectivity index (χ0) is 18.1. The Labute approximate surface area is 151 Å². The quantitative estimate of drug-likeness (QED) is 0.554. The Balaban J connectivity index is 1.43. The van der Waals surface area contributed by atoms with Gasteiger partial charge in [0.2, 0.25) is 0 Å². The lowest BCUT2D eigenvalue weighted by Gasteiger charge is -2.12. The number of hydrogen-bond acceptors (Lipinski definition) is 7. The summed E-state index contributed by atoms with van der Waals surface area (Å²) in [6.07, 6.45) is 0.330. The van der Waals surface area contributed by atoms with Gasteiger partial charge in [-0.15, -0.1) is 0 Å². The standard InChI is InChI=1S/C18H13N3O4S/c1-10(16(22)21-18-20-12-4-2-3-5-15(12)26-18)25-17(23)11-6-7-14-13(8-11)19-9-24-14/h2-10H,1H3,(H,20,21,22). The number of carbonyl (C=O) groups is 2. The van der Waals surface area contributed by atoms with Crippen LogP contribution in [0.15, 0.2) is 53.3 Å². The summed E-state index contributed by atoms with van der Waals surface area (Å²) in [7, 11) is 0. The summed E-state index contributed by atoms with van der Waals surface area (Å²) in [5.41, 5.74) is 2.22. The molecule has 1 N–H and O–H groups in total. The number of para-hydroxylation sites is 1. The highest BCUT2D eigenvalue weighted by molar-refractivity contribution is 7.22. The molecule has 0 aliphatic carbocycles. The zero-order valence-electron chi connectivity index (χ0n) is 13.6. The number of carbonyl (C=O) groups excluding carboxylic acids is 2. The molecule has 0 radical (unpaired) electrons. The number of fused-ring (bicyclic) bond motifs is 2. The molecule has 130 valence electrons. The molecule has 2 aromatic carbocycles. The van der Waals surface area contributed by atoms with E-state index in [1.165, 1.54) is 24.7 Å². The normalized spacial score (nSPS) is 12.2. The summed E-state index contributed by atoms with van der Waals surface area (Å²) >= 11 is 1.36. The number of thiazole rings is 1. The van der Waals surface area contributed by atoms with Crippen molar-refractivity contribution in [3.8, 4) is 0 Å². The molecule has 0 saturated heterocycles. The summed E-state index contributed by atoms with van der Waals surface area (Å²) < 4.78 is 11.3. The maximum atomic E-state index is 12.3. The number of ether oxygens (including phenoxy) is 1. The van der Waals surface area contributed by atoms with Crippen molar-refractivity contribution in [2.75, 3.05) is 5.32 Å². The molecule has 0 bridgehead atoms. The Kier molecular flexibility index (Phi) is 4.10. The third-order valence-corrected chi connectivity index (χ3v) is 4.69. The highest BCUT2D eigenvalue weighted by atomic mass is 32.1. The van der Waals surface area contributed by atoms with E-state index in [2.05, 4.69) is 15.3 Å². The number of benzene rings is 2. The fraction of sp³-hybridized carbons (Fsp3) is 0.111. The molecule has 0 aliphatic rings. The minimum Gasteiger partial charge on any atom is -0.449 e. The van der Waals surface area contributed by atoms with Crippen molar-refractivity contribution >= 4 is 49.7 Å². The van der Waals surface area contributed by atoms with Gasteiger partial charge in [-0.2, -0.15) is 0 Å². The van der Waals surface area contributed by atoms with Gasteiger partial charge in [-0.25, -0.2) is 14.8 Å². The van der Waals surface area contributed by atoms with Gasteiger partial charge in [0, 0.05) is 0 Å². The number of anilines is 1. The fourth-order valence-electron chi connectivity index (χ4n) is 2.40. The summed E-state index contributed by atoms with van der Waals surface area (Å²) in [6.45, 7) is 1.51. The topological polar surface area (TPSA) is 94.3 Å². The van der Waals surface area contributed by atoms with Crippen LogP contribution in [0.1, 0.15) is 17.3 Å². The van der Waals surface area contributed by atoms with Crippen molar-refractivity contribution in [3.63, 3.8) is 0 Å². The second-order valence-corrected chi connectivity index (χ2v) is 6.59. The van der Waals surface area contributed by atoms with Crippen LogP contribution in [-0.4, -0.2) is 27.9 Å². The lowest BCUT2D eigenvalue weighted by atomic mass is 10.2. The SMILES string of the molecule is CC(OC(=O)c1ccc2ocnc2c1)C(=O)Nc1nc2ccccc2s1. The van der Waals surface area contributed by atoms with Gasteiger partial charge in [-0.1, -0.05) is 23.5 Å². The van der Waals surface area contributed by atoms with Crippen LogP contribution >= 0.6 is 11.3 Å².